The van der Waals surface area contributed by atoms with Crippen LogP contribution in [-0.2, 0) is 0 Å². The van der Waals surface area contributed by atoms with Crippen molar-refractivity contribution in [2.75, 3.05) is 6.61 Å². The molecule has 2 heteroatoms. The van der Waals surface area contributed by atoms with Gasteiger partial charge in [-0.15, -0.1) is 0 Å². The maximum Gasteiger partial charge on any atom is 0.122 e. The minimum Gasteiger partial charge on any atom is -0.493 e. The maximum absolute atomic E-state index is 5.72. The van der Waals surface area contributed by atoms with E-state index in [4.69, 9.17) is 4.74 Å². The molecule has 1 aliphatic rings. The zero-order valence-corrected chi connectivity index (χ0v) is 11.2. The lowest BCUT2D eigenvalue weighted by atomic mass is 9.87. The van der Waals surface area contributed by atoms with Crippen LogP contribution < -0.4 is 10.1 Å². The standard InChI is InChI=1S/C16H21NO/c1-4-17-11-13(3)9-14-7-8-18-16-6-5-12(2)10-15(14)16/h4-6,10-11,14,17H,1,7-9H2,2-3H3/b13-11+. The summed E-state index contributed by atoms with van der Waals surface area (Å²) in [6, 6.07) is 6.47. The van der Waals surface area contributed by atoms with Gasteiger partial charge in [-0.2, -0.15) is 0 Å². The van der Waals surface area contributed by atoms with E-state index in [0.717, 1.165) is 25.2 Å². The third kappa shape index (κ3) is 2.95. The SMILES string of the molecule is C=CN/C=C(\C)CC1CCOc2ccc(C)cc21. The van der Waals surface area contributed by atoms with Crippen molar-refractivity contribution in [1.82, 2.24) is 5.32 Å². The lowest BCUT2D eigenvalue weighted by Gasteiger charge is -2.26. The van der Waals surface area contributed by atoms with Gasteiger partial charge in [-0.05, 0) is 56.6 Å². The second-order valence-electron chi connectivity index (χ2n) is 4.94. The zero-order chi connectivity index (χ0) is 13.0. The molecular weight excluding hydrogens is 222 g/mol. The van der Waals surface area contributed by atoms with E-state index in [1.54, 1.807) is 6.20 Å². The van der Waals surface area contributed by atoms with Crippen LogP contribution in [0.15, 0.2) is 42.8 Å². The van der Waals surface area contributed by atoms with Crippen molar-refractivity contribution in [3.8, 4) is 5.75 Å². The molecule has 0 fully saturated rings. The summed E-state index contributed by atoms with van der Waals surface area (Å²) in [6.07, 6.45) is 5.89. The van der Waals surface area contributed by atoms with Gasteiger partial charge in [-0.3, -0.25) is 0 Å². The van der Waals surface area contributed by atoms with Gasteiger partial charge in [0.25, 0.3) is 0 Å². The van der Waals surface area contributed by atoms with Crippen LogP contribution in [0.3, 0.4) is 0 Å². The first kappa shape index (κ1) is 12.7. The van der Waals surface area contributed by atoms with E-state index >= 15 is 0 Å². The van der Waals surface area contributed by atoms with Crippen LogP contribution in [-0.4, -0.2) is 6.61 Å². The third-order valence-electron chi connectivity index (χ3n) is 3.34. The molecule has 0 aliphatic carbocycles. The fourth-order valence-corrected chi connectivity index (χ4v) is 2.45. The first-order valence-electron chi connectivity index (χ1n) is 6.46. The molecule has 0 saturated carbocycles. The summed E-state index contributed by atoms with van der Waals surface area (Å²) < 4.78 is 5.72. The molecule has 1 aromatic rings. The number of hydrogen-bond acceptors (Lipinski definition) is 2. The summed E-state index contributed by atoms with van der Waals surface area (Å²) in [4.78, 5) is 0. The molecule has 0 radical (unpaired) electrons. The molecule has 0 bridgehead atoms. The molecule has 1 heterocycles. The summed E-state index contributed by atoms with van der Waals surface area (Å²) in [6.45, 7) is 8.76. The highest BCUT2D eigenvalue weighted by atomic mass is 16.5. The topological polar surface area (TPSA) is 21.3 Å². The van der Waals surface area contributed by atoms with Gasteiger partial charge >= 0.3 is 0 Å². The lowest BCUT2D eigenvalue weighted by molar-refractivity contribution is 0.266. The number of allylic oxidation sites excluding steroid dienone is 1. The Morgan fingerprint density at radius 3 is 3.17 bits per heavy atom. The number of aryl methyl sites for hydroxylation is 1. The molecule has 2 rings (SSSR count). The average molecular weight is 243 g/mol. The van der Waals surface area contributed by atoms with E-state index in [9.17, 15) is 0 Å². The van der Waals surface area contributed by atoms with Crippen LogP contribution in [0, 0.1) is 6.92 Å². The molecule has 1 N–H and O–H groups in total. The van der Waals surface area contributed by atoms with Crippen molar-refractivity contribution in [1.29, 1.82) is 0 Å². The van der Waals surface area contributed by atoms with Crippen molar-refractivity contribution in [3.05, 3.63) is 53.9 Å². The second kappa shape index (κ2) is 5.76. The Morgan fingerprint density at radius 1 is 1.56 bits per heavy atom. The van der Waals surface area contributed by atoms with Gasteiger partial charge in [0, 0.05) is 0 Å². The minimum absolute atomic E-state index is 0.566. The summed E-state index contributed by atoms with van der Waals surface area (Å²) in [7, 11) is 0. The molecule has 2 nitrogen and oxygen atoms in total. The molecule has 0 saturated heterocycles. The Morgan fingerprint density at radius 2 is 2.39 bits per heavy atom. The van der Waals surface area contributed by atoms with Gasteiger partial charge in [-0.25, -0.2) is 0 Å². The molecular formula is C16H21NO. The van der Waals surface area contributed by atoms with Gasteiger partial charge in [0.1, 0.15) is 5.75 Å². The lowest BCUT2D eigenvalue weighted by Crippen LogP contribution is -2.15. The summed E-state index contributed by atoms with van der Waals surface area (Å²) in [5.74, 6) is 1.62. The van der Waals surface area contributed by atoms with Crippen LogP contribution >= 0.6 is 0 Å². The van der Waals surface area contributed by atoms with E-state index in [1.165, 1.54) is 16.7 Å². The van der Waals surface area contributed by atoms with E-state index in [-0.39, 0.29) is 0 Å². The number of nitrogens with one attached hydrogen (secondary N) is 1. The molecule has 0 amide bonds. The Balaban J connectivity index is 2.16. The molecule has 18 heavy (non-hydrogen) atoms. The minimum atomic E-state index is 0.566. The quantitative estimate of drug-likeness (QED) is 0.866. The maximum atomic E-state index is 5.72. The number of ether oxygens (including phenoxy) is 1. The normalized spacial score (nSPS) is 18.8. The number of fused-ring (bicyclic) bond motifs is 1. The predicted octanol–water partition coefficient (Wildman–Crippen LogP) is 3.89. The predicted molar refractivity (Wildman–Crippen MR) is 75.7 cm³/mol. The Kier molecular flexibility index (Phi) is 4.08. The molecule has 96 valence electrons. The van der Waals surface area contributed by atoms with Crippen LogP contribution in [0.25, 0.3) is 0 Å². The van der Waals surface area contributed by atoms with Crippen molar-refractivity contribution < 1.29 is 4.74 Å². The van der Waals surface area contributed by atoms with Crippen LogP contribution in [0.1, 0.15) is 36.8 Å². The summed E-state index contributed by atoms with van der Waals surface area (Å²) in [5.41, 5.74) is 4.00. The van der Waals surface area contributed by atoms with Crippen LogP contribution in [0.5, 0.6) is 5.75 Å². The van der Waals surface area contributed by atoms with E-state index in [0.29, 0.717) is 5.92 Å². The van der Waals surface area contributed by atoms with Crippen LogP contribution in [0.2, 0.25) is 0 Å². The van der Waals surface area contributed by atoms with Gasteiger partial charge < -0.3 is 10.1 Å². The summed E-state index contributed by atoms with van der Waals surface area (Å²) in [5, 5.41) is 3.04. The smallest absolute Gasteiger partial charge is 0.122 e. The molecule has 1 atom stereocenters. The first-order chi connectivity index (χ1) is 8.70. The van der Waals surface area contributed by atoms with Gasteiger partial charge in [0.2, 0.25) is 0 Å². The molecule has 1 unspecified atom stereocenters. The van der Waals surface area contributed by atoms with Gasteiger partial charge in [-0.1, -0.05) is 29.8 Å². The number of rotatable bonds is 4. The van der Waals surface area contributed by atoms with Gasteiger partial charge in [0.05, 0.1) is 6.61 Å². The molecule has 0 aromatic heterocycles. The van der Waals surface area contributed by atoms with Crippen LogP contribution in [0.4, 0.5) is 0 Å². The van der Waals surface area contributed by atoms with Gasteiger partial charge in [0.15, 0.2) is 0 Å². The fraction of sp³-hybridized carbons (Fsp3) is 0.375. The molecule has 1 aromatic carbocycles. The Hall–Kier alpha value is -1.70. The van der Waals surface area contributed by atoms with E-state index in [2.05, 4.69) is 43.9 Å². The third-order valence-corrected chi connectivity index (χ3v) is 3.34. The monoisotopic (exact) mass is 243 g/mol. The zero-order valence-electron chi connectivity index (χ0n) is 11.2. The van der Waals surface area contributed by atoms with Crippen molar-refractivity contribution in [2.45, 2.75) is 32.6 Å². The number of benzene rings is 1. The van der Waals surface area contributed by atoms with E-state index in [1.807, 2.05) is 6.20 Å². The molecule has 1 aliphatic heterocycles. The first-order valence-corrected chi connectivity index (χ1v) is 6.46. The highest BCUT2D eigenvalue weighted by Gasteiger charge is 2.21. The Labute approximate surface area is 109 Å². The summed E-state index contributed by atoms with van der Waals surface area (Å²) >= 11 is 0. The highest BCUT2D eigenvalue weighted by Crippen LogP contribution is 2.37. The van der Waals surface area contributed by atoms with Crippen molar-refractivity contribution in [3.63, 3.8) is 0 Å². The molecule has 0 spiro atoms. The van der Waals surface area contributed by atoms with Crippen molar-refractivity contribution in [2.24, 2.45) is 0 Å². The largest absolute Gasteiger partial charge is 0.493 e. The van der Waals surface area contributed by atoms with E-state index < -0.39 is 0 Å². The second-order valence-corrected chi connectivity index (χ2v) is 4.94. The highest BCUT2D eigenvalue weighted by molar-refractivity contribution is 5.41. The average Bonchev–Trinajstić information content (AvgIpc) is 2.37. The fourth-order valence-electron chi connectivity index (χ4n) is 2.45. The Bertz CT molecular complexity index is 462. The number of hydrogen-bond donors (Lipinski definition) is 1. The van der Waals surface area contributed by atoms with Crippen molar-refractivity contribution >= 4 is 0 Å².